The predicted molar refractivity (Wildman–Crippen MR) is 226 cm³/mol. The highest BCUT2D eigenvalue weighted by atomic mass is 16.8. The monoisotopic (exact) mass is 940 g/mol. The molecule has 0 spiro atoms. The molecular formula is C47H72O19. The van der Waals surface area contributed by atoms with Gasteiger partial charge in [-0.3, -0.25) is 4.79 Å². The van der Waals surface area contributed by atoms with Gasteiger partial charge in [0.25, 0.3) is 0 Å². The summed E-state index contributed by atoms with van der Waals surface area (Å²) in [6.45, 7) is 11.8. The molecule has 374 valence electrons. The van der Waals surface area contributed by atoms with Crippen LogP contribution in [0.15, 0.2) is 11.6 Å². The first-order valence-corrected chi connectivity index (χ1v) is 23.7. The molecule has 8 rings (SSSR count). The normalized spacial score (nSPS) is 53.5. The second-order valence-corrected chi connectivity index (χ2v) is 22.7. The van der Waals surface area contributed by atoms with Gasteiger partial charge in [-0.25, -0.2) is 4.79 Å². The Morgan fingerprint density at radius 1 is 0.727 bits per heavy atom. The molecular weight excluding hydrogens is 868 g/mol. The molecule has 0 radical (unpaired) electrons. The smallest absolute Gasteiger partial charge is 0.335 e. The third-order valence-corrected chi connectivity index (χ3v) is 18.9. The first kappa shape index (κ1) is 50.2. The molecule has 3 aliphatic heterocycles. The number of aliphatic hydroxyl groups excluding tert-OH is 8. The maximum absolute atomic E-state index is 13.8. The van der Waals surface area contributed by atoms with E-state index in [0.29, 0.717) is 32.1 Å². The number of allylic oxidation sites excluding steroid dienone is 2. The van der Waals surface area contributed by atoms with Crippen molar-refractivity contribution in [2.45, 2.75) is 198 Å². The minimum absolute atomic E-state index is 0.000855. The largest absolute Gasteiger partial charge is 0.481 e. The SMILES string of the molecule is CC1(C)CCC2(C(=O)O)CC[C@]3(C)C(=CCC4C5(C)CCC(O[C@@H]6O[C@H](C(=O)O)[C@@H](O)[C@@H](O[C@@H]7OC[C@@H](O)[C@@H](O)[C@H]7O)[C@H]6O[C@@H]6O[C@H](CO)[C@H](O)[C@@H](O)[C@H]6O)C(C)(C=O)C5CCC43C)C2C1. The standard InChI is InChI=1S/C47H72O19/c1-42(2)13-15-47(41(59)60)16-14-45(5)21(22(47)17-42)7-8-26-43(3)11-10-27(44(4,20-49)25(43)9-12-46(26,45)6)63-40-36(66-39-32(55)30(53)29(52)24(18-48)62-39)34(33(56)35(65-40)37(57)58)64-38-31(54)28(51)23(50)19-61-38/h7,20,22-36,38-40,48,50-56H,8-19H2,1-6H3,(H,57,58)(H,59,60)/t22?,23-,24-,25?,26?,27?,28-,29+,30-,31-,32-,33+,34-,35+,36-,38+,39+,40-,43?,44?,45-,46?,47?/m1/s1. The molecule has 66 heavy (non-hydrogen) atoms. The fourth-order valence-electron chi connectivity index (χ4n) is 14.7. The molecule has 0 aromatic carbocycles. The molecule has 19 nitrogen and oxygen atoms in total. The molecule has 8 aliphatic rings. The first-order chi connectivity index (χ1) is 30.8. The zero-order valence-corrected chi connectivity index (χ0v) is 38.7. The van der Waals surface area contributed by atoms with Gasteiger partial charge in [0.05, 0.1) is 30.1 Å². The Hall–Kier alpha value is -2.21. The molecule has 23 atom stereocenters. The van der Waals surface area contributed by atoms with Gasteiger partial charge in [-0.1, -0.05) is 53.2 Å². The minimum Gasteiger partial charge on any atom is -0.481 e. The number of carboxylic acid groups (broad SMARTS) is 2. The van der Waals surface area contributed by atoms with Crippen LogP contribution in [0.3, 0.4) is 0 Å². The number of carbonyl (C=O) groups excluding carboxylic acids is 1. The van der Waals surface area contributed by atoms with Crippen molar-refractivity contribution in [3.8, 4) is 0 Å². The third-order valence-electron chi connectivity index (χ3n) is 18.9. The van der Waals surface area contributed by atoms with E-state index in [-0.39, 0.29) is 40.4 Å². The van der Waals surface area contributed by atoms with Crippen LogP contribution in [0.25, 0.3) is 0 Å². The maximum Gasteiger partial charge on any atom is 0.335 e. The molecule has 0 bridgehead atoms. The van der Waals surface area contributed by atoms with Gasteiger partial charge in [0, 0.05) is 0 Å². The average Bonchev–Trinajstić information content (AvgIpc) is 3.26. The van der Waals surface area contributed by atoms with Crippen LogP contribution in [0, 0.1) is 50.2 Å². The summed E-state index contributed by atoms with van der Waals surface area (Å²) in [5, 5.41) is 106. The summed E-state index contributed by atoms with van der Waals surface area (Å²) < 4.78 is 35.9. The van der Waals surface area contributed by atoms with Crippen LogP contribution in [0.5, 0.6) is 0 Å². The van der Waals surface area contributed by atoms with Crippen molar-refractivity contribution in [3.63, 3.8) is 0 Å². The number of ether oxygens (including phenoxy) is 6. The van der Waals surface area contributed by atoms with Crippen molar-refractivity contribution in [3.05, 3.63) is 11.6 Å². The number of rotatable bonds is 10. The highest BCUT2D eigenvalue weighted by molar-refractivity contribution is 5.77. The van der Waals surface area contributed by atoms with E-state index in [1.54, 1.807) is 6.92 Å². The summed E-state index contributed by atoms with van der Waals surface area (Å²) in [4.78, 5) is 39.7. The quantitative estimate of drug-likeness (QED) is 0.0815. The van der Waals surface area contributed by atoms with E-state index >= 15 is 0 Å². The number of aliphatic carboxylic acids is 2. The summed E-state index contributed by atoms with van der Waals surface area (Å²) in [7, 11) is 0. The Morgan fingerprint density at radius 2 is 1.39 bits per heavy atom. The number of hydrogen-bond donors (Lipinski definition) is 10. The van der Waals surface area contributed by atoms with E-state index in [9.17, 15) is 65.4 Å². The summed E-state index contributed by atoms with van der Waals surface area (Å²) in [5.74, 6) is -2.62. The second-order valence-electron chi connectivity index (χ2n) is 22.7. The Balaban J connectivity index is 1.12. The fraction of sp³-hybridized carbons (Fsp3) is 0.894. The second kappa shape index (κ2) is 17.6. The van der Waals surface area contributed by atoms with Crippen LogP contribution in [-0.2, 0) is 42.8 Å². The van der Waals surface area contributed by atoms with Gasteiger partial charge in [0.2, 0.25) is 0 Å². The molecule has 4 saturated carbocycles. The molecule has 19 heteroatoms. The maximum atomic E-state index is 13.8. The van der Waals surface area contributed by atoms with Crippen molar-refractivity contribution in [1.29, 1.82) is 0 Å². The lowest BCUT2D eigenvalue weighted by Crippen LogP contribution is -2.68. The zero-order valence-electron chi connectivity index (χ0n) is 38.7. The van der Waals surface area contributed by atoms with Crippen LogP contribution in [0.4, 0.5) is 0 Å². The highest BCUT2D eigenvalue weighted by Gasteiger charge is 2.70. The van der Waals surface area contributed by atoms with E-state index in [1.165, 1.54) is 5.57 Å². The van der Waals surface area contributed by atoms with E-state index in [4.69, 9.17) is 28.4 Å². The number of aldehydes is 1. The molecule has 7 fully saturated rings. The molecule has 0 amide bonds. The molecule has 8 unspecified atom stereocenters. The number of hydrogen-bond acceptors (Lipinski definition) is 17. The van der Waals surface area contributed by atoms with Gasteiger partial charge in [-0.15, -0.1) is 0 Å². The van der Waals surface area contributed by atoms with Gasteiger partial charge < -0.3 is 84.3 Å². The van der Waals surface area contributed by atoms with Crippen LogP contribution >= 0.6 is 0 Å². The first-order valence-electron chi connectivity index (χ1n) is 23.7. The van der Waals surface area contributed by atoms with E-state index < -0.39 is 134 Å². The summed E-state index contributed by atoms with van der Waals surface area (Å²) >= 11 is 0. The lowest BCUT2D eigenvalue weighted by molar-refractivity contribution is -0.391. The predicted octanol–water partition coefficient (Wildman–Crippen LogP) is 0.617. The van der Waals surface area contributed by atoms with Crippen LogP contribution in [0.2, 0.25) is 0 Å². The lowest BCUT2D eigenvalue weighted by Gasteiger charge is -2.71. The minimum atomic E-state index is -2.12. The van der Waals surface area contributed by atoms with E-state index in [0.717, 1.165) is 32.0 Å². The molecule has 5 aliphatic carbocycles. The van der Waals surface area contributed by atoms with E-state index in [2.05, 4.69) is 40.7 Å². The topological polar surface area (TPSA) is 309 Å². The summed E-state index contributed by atoms with van der Waals surface area (Å²) in [6.07, 6.45) is -17.0. The number of carbonyl (C=O) groups is 3. The van der Waals surface area contributed by atoms with Gasteiger partial charge in [-0.05, 0) is 104 Å². The Labute approximate surface area is 384 Å². The zero-order chi connectivity index (χ0) is 48.3. The molecule has 3 heterocycles. The van der Waals surface area contributed by atoms with Crippen molar-refractivity contribution >= 4 is 18.2 Å². The number of aliphatic hydroxyl groups is 8. The van der Waals surface area contributed by atoms with Crippen molar-refractivity contribution < 1.29 is 93.9 Å². The highest BCUT2D eigenvalue weighted by Crippen LogP contribution is 2.76. The summed E-state index contributed by atoms with van der Waals surface area (Å²) in [6, 6.07) is 0. The Bertz CT molecular complexity index is 1880. The number of fused-ring (bicyclic) bond motifs is 7. The molecule has 3 saturated heterocycles. The van der Waals surface area contributed by atoms with E-state index in [1.807, 2.05) is 0 Å². The Kier molecular flexibility index (Phi) is 13.4. The molecule has 10 N–H and O–H groups in total. The van der Waals surface area contributed by atoms with Crippen molar-refractivity contribution in [2.75, 3.05) is 13.2 Å². The van der Waals surface area contributed by atoms with Gasteiger partial charge >= 0.3 is 11.9 Å². The fourth-order valence-corrected chi connectivity index (χ4v) is 14.7. The summed E-state index contributed by atoms with van der Waals surface area (Å²) in [5.41, 5.74) is -1.72. The van der Waals surface area contributed by atoms with Gasteiger partial charge in [0.15, 0.2) is 25.0 Å². The van der Waals surface area contributed by atoms with Gasteiger partial charge in [-0.2, -0.15) is 0 Å². The molecule has 0 aromatic rings. The van der Waals surface area contributed by atoms with Gasteiger partial charge in [0.1, 0.15) is 67.3 Å². The van der Waals surface area contributed by atoms with Crippen molar-refractivity contribution in [1.82, 2.24) is 0 Å². The van der Waals surface area contributed by atoms with Crippen LogP contribution < -0.4 is 0 Å². The lowest BCUT2D eigenvalue weighted by atomic mass is 9.33. The molecule has 0 aromatic heterocycles. The Morgan fingerprint density at radius 3 is 2.05 bits per heavy atom. The average molecular weight is 941 g/mol. The van der Waals surface area contributed by atoms with Crippen molar-refractivity contribution in [2.24, 2.45) is 50.2 Å². The van der Waals surface area contributed by atoms with Crippen LogP contribution in [0.1, 0.15) is 106 Å². The third kappa shape index (κ3) is 7.65. The van der Waals surface area contributed by atoms with Crippen LogP contribution in [-0.4, -0.2) is 175 Å². The number of carboxylic acids is 2.